The van der Waals surface area contributed by atoms with Crippen LogP contribution in [-0.2, 0) is 0 Å². The Hall–Kier alpha value is -0.860. The highest BCUT2D eigenvalue weighted by atomic mass is 35.5. The van der Waals surface area contributed by atoms with Crippen LogP contribution in [0.15, 0.2) is 24.3 Å². The molecular formula is C13H15ClN2. The zero-order valence-corrected chi connectivity index (χ0v) is 10.1. The predicted octanol–water partition coefficient (Wildman–Crippen LogP) is 2.98. The van der Waals surface area contributed by atoms with Crippen molar-refractivity contribution >= 4 is 17.2 Å². The van der Waals surface area contributed by atoms with Gasteiger partial charge in [0.1, 0.15) is 5.15 Å². The van der Waals surface area contributed by atoms with Crippen molar-refractivity contribution in [3.05, 3.63) is 35.1 Å². The molecule has 3 heteroatoms. The van der Waals surface area contributed by atoms with E-state index in [-0.39, 0.29) is 0 Å². The zero-order valence-electron chi connectivity index (χ0n) is 9.36. The maximum atomic E-state index is 5.93. The fourth-order valence-electron chi connectivity index (χ4n) is 2.82. The molecule has 0 radical (unpaired) electrons. The third kappa shape index (κ3) is 1.66. The Morgan fingerprint density at radius 1 is 1.38 bits per heavy atom. The second kappa shape index (κ2) is 3.86. The summed E-state index contributed by atoms with van der Waals surface area (Å²) in [6.45, 7) is 0. The van der Waals surface area contributed by atoms with Crippen LogP contribution >= 0.6 is 11.6 Å². The van der Waals surface area contributed by atoms with Crippen LogP contribution in [0, 0.1) is 0 Å². The average molecular weight is 235 g/mol. The molecule has 1 aromatic rings. The molecule has 2 nitrogen and oxygen atoms in total. The maximum Gasteiger partial charge on any atom is 0.129 e. The van der Waals surface area contributed by atoms with Crippen molar-refractivity contribution < 1.29 is 0 Å². The van der Waals surface area contributed by atoms with Crippen molar-refractivity contribution in [2.45, 2.75) is 31.3 Å². The lowest BCUT2D eigenvalue weighted by atomic mass is 9.99. The fraction of sp³-hybridized carbons (Fsp3) is 0.462. The van der Waals surface area contributed by atoms with Gasteiger partial charge in [-0.15, -0.1) is 0 Å². The van der Waals surface area contributed by atoms with E-state index in [4.69, 9.17) is 11.6 Å². The molecule has 0 amide bonds. The van der Waals surface area contributed by atoms with E-state index < -0.39 is 0 Å². The van der Waals surface area contributed by atoms with Crippen molar-refractivity contribution in [1.29, 1.82) is 0 Å². The molecule has 0 aromatic carbocycles. The number of likely N-dealkylation sites (N-methyl/N-ethyl adjacent to an activating group) is 1. The summed E-state index contributed by atoms with van der Waals surface area (Å²) in [4.78, 5) is 6.88. The first kappa shape index (κ1) is 10.3. The van der Waals surface area contributed by atoms with Crippen molar-refractivity contribution in [3.8, 4) is 0 Å². The molecule has 0 aliphatic carbocycles. The fourth-order valence-corrected chi connectivity index (χ4v) is 2.98. The third-order valence-electron chi connectivity index (χ3n) is 3.79. The van der Waals surface area contributed by atoms with Crippen molar-refractivity contribution in [2.75, 3.05) is 7.05 Å². The minimum Gasteiger partial charge on any atom is -0.297 e. The SMILES string of the molecule is CN1[C@@H]2CC[C@H]1C=C(c1cccc(Cl)n1)C2. The lowest BCUT2D eigenvalue weighted by Crippen LogP contribution is -2.34. The van der Waals surface area contributed by atoms with Crippen LogP contribution in [-0.4, -0.2) is 29.0 Å². The normalized spacial score (nSPS) is 29.2. The zero-order chi connectivity index (χ0) is 11.1. The standard InChI is InChI=1S/C13H15ClN2/c1-16-10-5-6-11(16)8-9(7-10)12-3-2-4-13(14)15-12/h2-4,7,10-11H,5-6,8H2,1H3/t10-,11+/m0/s1. The Morgan fingerprint density at radius 2 is 2.25 bits per heavy atom. The molecule has 16 heavy (non-hydrogen) atoms. The molecule has 3 heterocycles. The molecule has 0 spiro atoms. The Morgan fingerprint density at radius 3 is 3.00 bits per heavy atom. The number of halogens is 1. The smallest absolute Gasteiger partial charge is 0.129 e. The summed E-state index contributed by atoms with van der Waals surface area (Å²) in [5.74, 6) is 0. The summed E-state index contributed by atoms with van der Waals surface area (Å²) < 4.78 is 0. The minimum absolute atomic E-state index is 0.588. The van der Waals surface area contributed by atoms with Crippen LogP contribution in [0.3, 0.4) is 0 Å². The van der Waals surface area contributed by atoms with Gasteiger partial charge in [-0.25, -0.2) is 4.98 Å². The minimum atomic E-state index is 0.588. The van der Waals surface area contributed by atoms with E-state index in [0.717, 1.165) is 12.1 Å². The first-order valence-corrected chi connectivity index (χ1v) is 6.17. The molecule has 2 atom stereocenters. The summed E-state index contributed by atoms with van der Waals surface area (Å²) in [5.41, 5.74) is 2.42. The van der Waals surface area contributed by atoms with Gasteiger partial charge in [-0.1, -0.05) is 23.7 Å². The topological polar surface area (TPSA) is 16.1 Å². The predicted molar refractivity (Wildman–Crippen MR) is 66.4 cm³/mol. The Kier molecular flexibility index (Phi) is 2.49. The molecule has 1 saturated heterocycles. The van der Waals surface area contributed by atoms with Gasteiger partial charge in [-0.2, -0.15) is 0 Å². The Bertz CT molecular complexity index is 441. The van der Waals surface area contributed by atoms with Gasteiger partial charge in [-0.3, -0.25) is 4.90 Å². The molecule has 1 aromatic heterocycles. The van der Waals surface area contributed by atoms with E-state index in [0.29, 0.717) is 17.2 Å². The number of pyridine rings is 1. The molecule has 2 aliphatic rings. The highest BCUT2D eigenvalue weighted by Crippen LogP contribution is 2.36. The van der Waals surface area contributed by atoms with Crippen molar-refractivity contribution in [1.82, 2.24) is 9.88 Å². The first-order valence-electron chi connectivity index (χ1n) is 5.79. The number of aromatic nitrogens is 1. The summed E-state index contributed by atoms with van der Waals surface area (Å²) in [6.07, 6.45) is 6.06. The second-order valence-electron chi connectivity index (χ2n) is 4.71. The van der Waals surface area contributed by atoms with E-state index in [1.165, 1.54) is 18.4 Å². The molecule has 2 aliphatic heterocycles. The molecule has 2 bridgehead atoms. The number of rotatable bonds is 1. The van der Waals surface area contributed by atoms with Gasteiger partial charge in [0.2, 0.25) is 0 Å². The van der Waals surface area contributed by atoms with E-state index in [1.54, 1.807) is 0 Å². The van der Waals surface area contributed by atoms with Crippen molar-refractivity contribution in [2.24, 2.45) is 0 Å². The van der Waals surface area contributed by atoms with Gasteiger partial charge in [0.15, 0.2) is 0 Å². The van der Waals surface area contributed by atoms with Crippen LogP contribution < -0.4 is 0 Å². The monoisotopic (exact) mass is 234 g/mol. The van der Waals surface area contributed by atoms with E-state index in [2.05, 4.69) is 29.1 Å². The molecule has 1 fully saturated rings. The van der Waals surface area contributed by atoms with Gasteiger partial charge < -0.3 is 0 Å². The molecular weight excluding hydrogens is 220 g/mol. The summed E-state index contributed by atoms with van der Waals surface area (Å²) in [6, 6.07) is 7.17. The second-order valence-corrected chi connectivity index (χ2v) is 5.09. The van der Waals surface area contributed by atoms with Crippen molar-refractivity contribution in [3.63, 3.8) is 0 Å². The van der Waals surface area contributed by atoms with Gasteiger partial charge in [0.05, 0.1) is 5.69 Å². The highest BCUT2D eigenvalue weighted by molar-refractivity contribution is 6.29. The number of hydrogen-bond acceptors (Lipinski definition) is 2. The number of nitrogens with zero attached hydrogens (tertiary/aromatic N) is 2. The maximum absolute atomic E-state index is 5.93. The quantitative estimate of drug-likeness (QED) is 0.695. The van der Waals surface area contributed by atoms with E-state index >= 15 is 0 Å². The summed E-state index contributed by atoms with van der Waals surface area (Å²) in [5, 5.41) is 0.588. The van der Waals surface area contributed by atoms with Gasteiger partial charge in [0.25, 0.3) is 0 Å². The van der Waals surface area contributed by atoms with Crippen LogP contribution in [0.5, 0.6) is 0 Å². The summed E-state index contributed by atoms with van der Waals surface area (Å²) in [7, 11) is 2.22. The largest absolute Gasteiger partial charge is 0.297 e. The van der Waals surface area contributed by atoms with E-state index in [9.17, 15) is 0 Å². The highest BCUT2D eigenvalue weighted by Gasteiger charge is 2.34. The van der Waals surface area contributed by atoms with Gasteiger partial charge in [-0.05, 0) is 44.0 Å². The molecule has 0 unspecified atom stereocenters. The number of fused-ring (bicyclic) bond motifs is 2. The molecule has 0 saturated carbocycles. The first-order chi connectivity index (χ1) is 7.74. The number of hydrogen-bond donors (Lipinski definition) is 0. The summed E-state index contributed by atoms with van der Waals surface area (Å²) >= 11 is 5.93. The lowest BCUT2D eigenvalue weighted by molar-refractivity contribution is 0.264. The molecule has 0 N–H and O–H groups in total. The van der Waals surface area contributed by atoms with Gasteiger partial charge >= 0.3 is 0 Å². The lowest BCUT2D eigenvalue weighted by Gasteiger charge is -2.30. The Labute approximate surface area is 101 Å². The van der Waals surface area contributed by atoms with E-state index in [1.807, 2.05) is 12.1 Å². The third-order valence-corrected chi connectivity index (χ3v) is 4.00. The average Bonchev–Trinajstić information content (AvgIpc) is 2.53. The Balaban J connectivity index is 1.95. The van der Waals surface area contributed by atoms with Crippen LogP contribution in [0.1, 0.15) is 25.0 Å². The van der Waals surface area contributed by atoms with Crippen LogP contribution in [0.2, 0.25) is 5.15 Å². The molecule has 84 valence electrons. The van der Waals surface area contributed by atoms with Crippen LogP contribution in [0.4, 0.5) is 0 Å². The molecule has 3 rings (SSSR count). The van der Waals surface area contributed by atoms with Gasteiger partial charge in [0, 0.05) is 12.1 Å². The van der Waals surface area contributed by atoms with Crippen LogP contribution in [0.25, 0.3) is 5.57 Å².